The normalized spacial score (nSPS) is 19.9. The minimum atomic E-state index is -0.231. The number of furan rings is 1. The fourth-order valence-electron chi connectivity index (χ4n) is 3.50. The molecule has 0 saturated heterocycles. The summed E-state index contributed by atoms with van der Waals surface area (Å²) in [6, 6.07) is 12.4. The van der Waals surface area contributed by atoms with E-state index in [4.69, 9.17) is 9.15 Å². The first-order chi connectivity index (χ1) is 12.9. The van der Waals surface area contributed by atoms with Gasteiger partial charge in [0.05, 0.1) is 18.3 Å². The zero-order chi connectivity index (χ0) is 19.4. The smallest absolute Gasteiger partial charge is 0.191 e. The molecule has 146 valence electrons. The zero-order valence-electron chi connectivity index (χ0n) is 16.8. The maximum atomic E-state index is 6.12. The van der Waals surface area contributed by atoms with Crippen LogP contribution in [0.1, 0.15) is 43.7 Å². The summed E-state index contributed by atoms with van der Waals surface area (Å²) >= 11 is 0. The molecule has 0 fully saturated rings. The van der Waals surface area contributed by atoms with E-state index in [0.717, 1.165) is 29.5 Å². The van der Waals surface area contributed by atoms with Crippen molar-refractivity contribution in [2.45, 2.75) is 38.0 Å². The van der Waals surface area contributed by atoms with Crippen LogP contribution in [0.25, 0.3) is 0 Å². The fourth-order valence-corrected chi connectivity index (χ4v) is 3.50. The van der Waals surface area contributed by atoms with Gasteiger partial charge in [-0.25, -0.2) is 0 Å². The second-order valence-corrected chi connectivity index (χ2v) is 7.75. The van der Waals surface area contributed by atoms with Gasteiger partial charge in [-0.1, -0.05) is 18.2 Å². The molecule has 1 aromatic carbocycles. The van der Waals surface area contributed by atoms with Gasteiger partial charge in [-0.3, -0.25) is 9.89 Å². The van der Waals surface area contributed by atoms with Gasteiger partial charge < -0.3 is 19.8 Å². The molecule has 27 heavy (non-hydrogen) atoms. The lowest BCUT2D eigenvalue weighted by atomic mass is 9.90. The Bertz CT molecular complexity index is 768. The Morgan fingerprint density at radius 3 is 2.70 bits per heavy atom. The third-order valence-electron chi connectivity index (χ3n) is 4.87. The Kier molecular flexibility index (Phi) is 5.75. The van der Waals surface area contributed by atoms with Crippen molar-refractivity contribution in [3.8, 4) is 5.75 Å². The number of aliphatic imine (C=N–C) groups is 1. The fraction of sp³-hybridized carbons (Fsp3) is 0.476. The van der Waals surface area contributed by atoms with Crippen molar-refractivity contribution in [2.75, 3.05) is 27.7 Å². The summed E-state index contributed by atoms with van der Waals surface area (Å²) < 4.78 is 11.7. The Morgan fingerprint density at radius 2 is 2.04 bits per heavy atom. The molecule has 0 radical (unpaired) electrons. The highest BCUT2D eigenvalue weighted by Crippen LogP contribution is 2.39. The molecular formula is C21H30N4O2. The lowest BCUT2D eigenvalue weighted by Crippen LogP contribution is -2.46. The third kappa shape index (κ3) is 4.63. The van der Waals surface area contributed by atoms with Crippen LogP contribution in [0.5, 0.6) is 5.75 Å². The molecule has 2 aromatic rings. The first-order valence-electron chi connectivity index (χ1n) is 9.34. The molecule has 0 saturated carbocycles. The maximum Gasteiger partial charge on any atom is 0.191 e. The van der Waals surface area contributed by atoms with E-state index >= 15 is 0 Å². The van der Waals surface area contributed by atoms with Crippen molar-refractivity contribution in [3.05, 3.63) is 54.0 Å². The van der Waals surface area contributed by atoms with Crippen molar-refractivity contribution in [2.24, 2.45) is 4.99 Å². The number of fused-ring (bicyclic) bond motifs is 1. The number of rotatable bonds is 5. The van der Waals surface area contributed by atoms with Gasteiger partial charge in [-0.05, 0) is 46.1 Å². The van der Waals surface area contributed by atoms with Crippen LogP contribution in [0.2, 0.25) is 0 Å². The lowest BCUT2D eigenvalue weighted by molar-refractivity contribution is 0.0694. The van der Waals surface area contributed by atoms with E-state index in [1.165, 1.54) is 0 Å². The van der Waals surface area contributed by atoms with Crippen LogP contribution in [0.4, 0.5) is 0 Å². The summed E-state index contributed by atoms with van der Waals surface area (Å²) in [4.78, 5) is 6.55. The number of benzene rings is 1. The number of para-hydroxylation sites is 1. The molecule has 6 heteroatoms. The summed E-state index contributed by atoms with van der Waals surface area (Å²) in [6.45, 7) is 4.92. The van der Waals surface area contributed by atoms with E-state index in [-0.39, 0.29) is 17.7 Å². The van der Waals surface area contributed by atoms with Gasteiger partial charge in [-0.15, -0.1) is 0 Å². The molecule has 0 spiro atoms. The van der Waals surface area contributed by atoms with Crippen molar-refractivity contribution < 1.29 is 9.15 Å². The molecule has 1 aliphatic rings. The topological polar surface area (TPSA) is 62.0 Å². The van der Waals surface area contributed by atoms with Crippen LogP contribution in [-0.2, 0) is 0 Å². The highest BCUT2D eigenvalue weighted by Gasteiger charge is 2.34. The van der Waals surface area contributed by atoms with E-state index in [9.17, 15) is 0 Å². The van der Waals surface area contributed by atoms with Crippen LogP contribution in [0.3, 0.4) is 0 Å². The number of guanidine groups is 1. The Balaban J connectivity index is 1.70. The summed E-state index contributed by atoms with van der Waals surface area (Å²) in [7, 11) is 5.88. The number of nitrogens with one attached hydrogen (secondary N) is 2. The maximum absolute atomic E-state index is 6.12. The number of hydrogen-bond acceptors (Lipinski definition) is 4. The minimum absolute atomic E-state index is 0.122. The number of hydrogen-bond donors (Lipinski definition) is 2. The Labute approximate surface area is 161 Å². The highest BCUT2D eigenvalue weighted by atomic mass is 16.5. The molecule has 2 N–H and O–H groups in total. The average Bonchev–Trinajstić information content (AvgIpc) is 3.13. The molecule has 2 atom stereocenters. The highest BCUT2D eigenvalue weighted by molar-refractivity contribution is 5.80. The average molecular weight is 370 g/mol. The summed E-state index contributed by atoms with van der Waals surface area (Å²) in [5.74, 6) is 2.63. The zero-order valence-corrected chi connectivity index (χ0v) is 16.8. The summed E-state index contributed by atoms with van der Waals surface area (Å²) in [5, 5.41) is 7.01. The molecule has 0 bridgehead atoms. The van der Waals surface area contributed by atoms with Gasteiger partial charge in [0.1, 0.15) is 17.1 Å². The van der Waals surface area contributed by atoms with E-state index in [2.05, 4.69) is 40.4 Å². The van der Waals surface area contributed by atoms with Gasteiger partial charge in [0, 0.05) is 25.6 Å². The van der Waals surface area contributed by atoms with Crippen molar-refractivity contribution >= 4 is 5.96 Å². The second-order valence-electron chi connectivity index (χ2n) is 7.75. The monoisotopic (exact) mass is 370 g/mol. The van der Waals surface area contributed by atoms with Gasteiger partial charge >= 0.3 is 0 Å². The molecule has 3 rings (SSSR count). The van der Waals surface area contributed by atoms with Crippen LogP contribution >= 0.6 is 0 Å². The van der Waals surface area contributed by atoms with Gasteiger partial charge in [0.15, 0.2) is 5.96 Å². The minimum Gasteiger partial charge on any atom is -0.487 e. The van der Waals surface area contributed by atoms with Crippen molar-refractivity contribution in [1.29, 1.82) is 0 Å². The molecule has 6 nitrogen and oxygen atoms in total. The Morgan fingerprint density at radius 1 is 1.26 bits per heavy atom. The molecular weight excluding hydrogens is 340 g/mol. The summed E-state index contributed by atoms with van der Waals surface area (Å²) in [6.07, 6.45) is 2.57. The van der Waals surface area contributed by atoms with Crippen LogP contribution in [0.15, 0.2) is 52.1 Å². The number of ether oxygens (including phenoxy) is 1. The van der Waals surface area contributed by atoms with Crippen LogP contribution in [-0.4, -0.2) is 44.1 Å². The quantitative estimate of drug-likeness (QED) is 0.624. The van der Waals surface area contributed by atoms with E-state index in [1.54, 1.807) is 13.3 Å². The van der Waals surface area contributed by atoms with E-state index < -0.39 is 0 Å². The van der Waals surface area contributed by atoms with Crippen molar-refractivity contribution in [1.82, 2.24) is 15.5 Å². The second kappa shape index (κ2) is 8.05. The predicted molar refractivity (Wildman–Crippen MR) is 108 cm³/mol. The van der Waals surface area contributed by atoms with E-state index in [1.807, 2.05) is 44.4 Å². The molecule has 2 heterocycles. The number of likely N-dealkylation sites (N-methyl/N-ethyl adjacent to an activating group) is 1. The number of nitrogens with zero attached hydrogens (tertiary/aromatic N) is 2. The molecule has 0 amide bonds. The molecule has 0 aliphatic carbocycles. The van der Waals surface area contributed by atoms with Gasteiger partial charge in [0.25, 0.3) is 0 Å². The lowest BCUT2D eigenvalue weighted by Gasteiger charge is -2.38. The third-order valence-corrected chi connectivity index (χ3v) is 4.87. The Hall–Kier alpha value is -2.47. The first kappa shape index (κ1) is 19.3. The SMILES string of the molecule is CN=C(NCC(c1ccco1)N(C)C)NC1CC(C)(C)Oc2ccccc21. The van der Waals surface area contributed by atoms with Gasteiger partial charge in [0.2, 0.25) is 0 Å². The predicted octanol–water partition coefficient (Wildman–Crippen LogP) is 3.35. The molecule has 1 aromatic heterocycles. The van der Waals surface area contributed by atoms with Crippen LogP contribution in [0, 0.1) is 0 Å². The standard InChI is InChI=1S/C21H30N4O2/c1-21(2)13-16(15-9-6-7-10-18(15)27-21)24-20(22-3)23-14-17(25(4)5)19-11-8-12-26-19/h6-12,16-17H,13-14H2,1-5H3,(H2,22,23,24). The van der Waals surface area contributed by atoms with Crippen molar-refractivity contribution in [3.63, 3.8) is 0 Å². The first-order valence-corrected chi connectivity index (χ1v) is 9.34. The molecule has 1 aliphatic heterocycles. The summed E-state index contributed by atoms with van der Waals surface area (Å²) in [5.41, 5.74) is 0.931. The molecule has 2 unspecified atom stereocenters. The van der Waals surface area contributed by atoms with E-state index in [0.29, 0.717) is 6.54 Å². The van der Waals surface area contributed by atoms with Gasteiger partial charge in [-0.2, -0.15) is 0 Å². The largest absolute Gasteiger partial charge is 0.487 e. The van der Waals surface area contributed by atoms with Crippen LogP contribution < -0.4 is 15.4 Å².